The molecule has 10 nitrogen and oxygen atoms in total. The lowest BCUT2D eigenvalue weighted by Gasteiger charge is -2.61. The molecular formula is C56H62N2O8. The summed E-state index contributed by atoms with van der Waals surface area (Å²) in [4.78, 5) is 17.7. The van der Waals surface area contributed by atoms with E-state index < -0.39 is 17.6 Å². The maximum absolute atomic E-state index is 14.1. The average Bonchev–Trinajstić information content (AvgIpc) is 4.07. The van der Waals surface area contributed by atoms with Gasteiger partial charge in [0.05, 0.1) is 6.10 Å². The Morgan fingerprint density at radius 1 is 0.848 bits per heavy atom. The molecule has 3 saturated carbocycles. The summed E-state index contributed by atoms with van der Waals surface area (Å²) in [5.41, 5.74) is 13.1. The summed E-state index contributed by atoms with van der Waals surface area (Å²) in [6.45, 7) is -0.0897. The van der Waals surface area contributed by atoms with Gasteiger partial charge < -0.3 is 40.0 Å². The van der Waals surface area contributed by atoms with Crippen LogP contribution >= 0.6 is 0 Å². The zero-order valence-corrected chi connectivity index (χ0v) is 37.6. The molecule has 0 radical (unpaired) electrons. The van der Waals surface area contributed by atoms with E-state index in [9.17, 15) is 30.3 Å². The van der Waals surface area contributed by atoms with E-state index in [0.29, 0.717) is 19.3 Å². The molecule has 66 heavy (non-hydrogen) atoms. The summed E-state index contributed by atoms with van der Waals surface area (Å²) in [5, 5.41) is 57.7. The van der Waals surface area contributed by atoms with Crippen molar-refractivity contribution in [1.29, 1.82) is 0 Å². The number of phenolic OH excluding ortho intramolecular Hbond substituents is 4. The highest BCUT2D eigenvalue weighted by Crippen LogP contribution is 2.72. The quantitative estimate of drug-likeness (QED) is 0.0365. The van der Waals surface area contributed by atoms with Crippen molar-refractivity contribution in [2.45, 2.75) is 131 Å². The third-order valence-electron chi connectivity index (χ3n) is 17.3. The van der Waals surface area contributed by atoms with Gasteiger partial charge in [-0.05, 0) is 158 Å². The van der Waals surface area contributed by atoms with Gasteiger partial charge in [-0.25, -0.2) is 0 Å². The average molecular weight is 891 g/mol. The third-order valence-corrected chi connectivity index (χ3v) is 17.3. The normalized spacial score (nSPS) is 26.8. The molecule has 7 unspecified atom stereocenters. The number of aryl methyl sites for hydroxylation is 1. The van der Waals surface area contributed by atoms with E-state index in [1.807, 2.05) is 12.1 Å². The highest BCUT2D eigenvalue weighted by molar-refractivity contribution is 5.79. The number of aliphatic hydroxyl groups excluding tert-OH is 1. The standard InChI is InChI=1S/C56H62N2O8/c57-32-65-48-26-33(13-17-45(48)61)12-15-37(60)29-46(62)40-16-14-34-27-44(56-31-54(20-3-4-21-54)24-18-43(56)39-19-25-58-51(39)38-10-1-2-11-42(38)56)50(40)41-30-47(63)52(64)53(49(34)41)66-55(22-5-6-23-55)35-8-7-9-36(59)28-35/h1-2,7-11,13-14,16-17,19,25-26,28,30,34,40,43-44,46,50,58-59,61-64H,3-6,12,15,18,20-24,27,29,31-32,57H2. The summed E-state index contributed by atoms with van der Waals surface area (Å²) < 4.78 is 12.6. The number of nitrogens with one attached hydrogen (secondary N) is 1. The lowest BCUT2D eigenvalue weighted by atomic mass is 9.42. The number of nitrogens with two attached hydrogens (primary N) is 1. The number of hydrogen-bond donors (Lipinski definition) is 7. The van der Waals surface area contributed by atoms with Crippen molar-refractivity contribution in [3.05, 3.63) is 131 Å². The fourth-order valence-electron chi connectivity index (χ4n) is 14.6. The predicted molar refractivity (Wildman–Crippen MR) is 252 cm³/mol. The molecule has 12 rings (SSSR count). The lowest BCUT2D eigenvalue weighted by molar-refractivity contribution is -0.121. The number of H-pyrrole nitrogens is 1. The van der Waals surface area contributed by atoms with Crippen LogP contribution in [0.3, 0.4) is 0 Å². The van der Waals surface area contributed by atoms with Crippen LogP contribution in [0.1, 0.15) is 141 Å². The first-order valence-corrected chi connectivity index (χ1v) is 24.4. The summed E-state index contributed by atoms with van der Waals surface area (Å²) in [5.74, 6) is -0.869. The Morgan fingerprint density at radius 3 is 2.45 bits per heavy atom. The molecule has 4 aromatic carbocycles. The molecule has 1 aromatic heterocycles. The highest BCUT2D eigenvalue weighted by Gasteiger charge is 2.63. The Bertz CT molecular complexity index is 2690. The van der Waals surface area contributed by atoms with E-state index in [-0.39, 0.29) is 94.4 Å². The number of allylic oxidation sites excluding steroid dienone is 1. The molecular weight excluding hydrogens is 829 g/mol. The highest BCUT2D eigenvalue weighted by atomic mass is 16.5. The predicted octanol–water partition coefficient (Wildman–Crippen LogP) is 10.8. The van der Waals surface area contributed by atoms with Gasteiger partial charge in [-0.15, -0.1) is 0 Å². The van der Waals surface area contributed by atoms with Crippen molar-refractivity contribution >= 4 is 5.78 Å². The monoisotopic (exact) mass is 890 g/mol. The number of ketones is 1. The van der Waals surface area contributed by atoms with Gasteiger partial charge in [0, 0.05) is 53.1 Å². The summed E-state index contributed by atoms with van der Waals surface area (Å²) in [6, 6.07) is 25.2. The number of aromatic nitrogens is 1. The summed E-state index contributed by atoms with van der Waals surface area (Å²) >= 11 is 0. The second kappa shape index (κ2) is 16.6. The second-order valence-corrected chi connectivity index (χ2v) is 20.7. The van der Waals surface area contributed by atoms with Crippen molar-refractivity contribution in [2.24, 2.45) is 23.0 Å². The zero-order chi connectivity index (χ0) is 45.4. The maximum atomic E-state index is 14.1. The van der Waals surface area contributed by atoms with Gasteiger partial charge in [0.2, 0.25) is 5.75 Å². The van der Waals surface area contributed by atoms with E-state index in [1.165, 1.54) is 54.5 Å². The second-order valence-electron chi connectivity index (χ2n) is 20.7. The Kier molecular flexibility index (Phi) is 10.8. The SMILES string of the molecule is NCOc1cc(CCC(=O)CC(O)C2C=CC3CC(C45CC6(CCCC6)CCC4c4cc[nH]c4-c4ccccc45)C2c2cc(O)c(O)c(OC4(c5cccc(O)c5)CCCC4)c23)ccc1O. The van der Waals surface area contributed by atoms with Crippen LogP contribution in [0.25, 0.3) is 11.3 Å². The molecule has 3 fully saturated rings. The number of carbonyl (C=O) groups is 1. The van der Waals surface area contributed by atoms with Gasteiger partial charge >= 0.3 is 0 Å². The maximum Gasteiger partial charge on any atom is 0.200 e. The van der Waals surface area contributed by atoms with E-state index in [1.54, 1.807) is 36.4 Å². The molecule has 344 valence electrons. The number of aromatic amines is 1. The number of Topliss-reactive ketones (excluding diaryl/α,β-unsaturated/α-hetero) is 1. The number of rotatable bonds is 12. The third kappa shape index (κ3) is 6.92. The summed E-state index contributed by atoms with van der Waals surface area (Å²) in [7, 11) is 0. The van der Waals surface area contributed by atoms with Crippen molar-refractivity contribution in [2.75, 3.05) is 6.73 Å². The smallest absolute Gasteiger partial charge is 0.200 e. The number of carbonyl (C=O) groups excluding carboxylic acids is 1. The number of benzene rings is 4. The minimum absolute atomic E-state index is 0.0201. The van der Waals surface area contributed by atoms with E-state index in [4.69, 9.17) is 15.2 Å². The first-order valence-electron chi connectivity index (χ1n) is 24.4. The Balaban J connectivity index is 1.05. The fraction of sp³-hybridized carbons (Fsp3) is 0.446. The molecule has 7 aliphatic rings. The van der Waals surface area contributed by atoms with Gasteiger partial charge in [-0.3, -0.25) is 10.5 Å². The fourth-order valence-corrected chi connectivity index (χ4v) is 14.6. The van der Waals surface area contributed by atoms with Crippen molar-refractivity contribution in [1.82, 2.24) is 4.98 Å². The summed E-state index contributed by atoms with van der Waals surface area (Å²) in [6.07, 6.45) is 17.9. The van der Waals surface area contributed by atoms with Crippen LogP contribution in [0.15, 0.2) is 97.2 Å². The molecule has 7 atom stereocenters. The lowest BCUT2D eigenvalue weighted by Crippen LogP contribution is -2.54. The molecule has 8 N–H and O–H groups in total. The van der Waals surface area contributed by atoms with Crippen LogP contribution < -0.4 is 15.2 Å². The van der Waals surface area contributed by atoms with Crippen LogP contribution in [-0.4, -0.2) is 49.1 Å². The molecule has 1 heterocycles. The van der Waals surface area contributed by atoms with Crippen LogP contribution in [-0.2, 0) is 22.2 Å². The Morgan fingerprint density at radius 2 is 1.65 bits per heavy atom. The molecule has 0 saturated heterocycles. The molecule has 0 amide bonds. The van der Waals surface area contributed by atoms with Gasteiger partial charge in [0.15, 0.2) is 23.0 Å². The first-order chi connectivity index (χ1) is 32.0. The Hall–Kier alpha value is -5.71. The van der Waals surface area contributed by atoms with Crippen LogP contribution in [0.5, 0.6) is 34.5 Å². The van der Waals surface area contributed by atoms with Crippen LogP contribution in [0.4, 0.5) is 0 Å². The number of fused-ring (bicyclic) bond motifs is 9. The zero-order valence-electron chi connectivity index (χ0n) is 37.6. The number of phenols is 4. The largest absolute Gasteiger partial charge is 0.508 e. The number of aromatic hydroxyl groups is 4. The minimum atomic E-state index is -1.05. The molecule has 7 aliphatic carbocycles. The van der Waals surface area contributed by atoms with E-state index in [2.05, 4.69) is 53.7 Å². The van der Waals surface area contributed by atoms with Crippen molar-refractivity contribution in [3.8, 4) is 45.8 Å². The van der Waals surface area contributed by atoms with Crippen LogP contribution in [0, 0.1) is 17.3 Å². The van der Waals surface area contributed by atoms with E-state index >= 15 is 0 Å². The topological polar surface area (TPSA) is 178 Å². The Labute approximate surface area is 386 Å². The first kappa shape index (κ1) is 42.9. The van der Waals surface area contributed by atoms with Crippen molar-refractivity contribution in [3.63, 3.8) is 0 Å². The van der Waals surface area contributed by atoms with Gasteiger partial charge in [-0.1, -0.05) is 67.5 Å². The molecule has 10 heteroatoms. The van der Waals surface area contributed by atoms with Gasteiger partial charge in [-0.2, -0.15) is 0 Å². The van der Waals surface area contributed by atoms with Gasteiger partial charge in [0.1, 0.15) is 23.9 Å². The molecule has 5 aromatic rings. The van der Waals surface area contributed by atoms with E-state index in [0.717, 1.165) is 54.4 Å². The molecule has 0 aliphatic heterocycles. The molecule has 1 spiro atoms. The minimum Gasteiger partial charge on any atom is -0.508 e. The van der Waals surface area contributed by atoms with Crippen molar-refractivity contribution < 1.29 is 39.8 Å². The number of aliphatic hydroxyl groups is 1. The molecule has 2 bridgehead atoms. The number of hydrogen-bond acceptors (Lipinski definition) is 9. The number of ether oxygens (including phenoxy) is 2. The van der Waals surface area contributed by atoms with Crippen LogP contribution in [0.2, 0.25) is 0 Å². The van der Waals surface area contributed by atoms with Gasteiger partial charge in [0.25, 0.3) is 0 Å².